The van der Waals surface area contributed by atoms with Crippen LogP contribution in [0.2, 0.25) is 0 Å². The van der Waals surface area contributed by atoms with Gasteiger partial charge in [-0.2, -0.15) is 0 Å². The minimum absolute atomic E-state index is 0. The molecule has 1 aromatic heterocycles. The molecule has 2 heterocycles. The Labute approximate surface area is 148 Å². The third-order valence-electron chi connectivity index (χ3n) is 4.69. The maximum atomic E-state index is 12.9. The van der Waals surface area contributed by atoms with Gasteiger partial charge >= 0.3 is 0 Å². The van der Waals surface area contributed by atoms with Crippen molar-refractivity contribution in [1.82, 2.24) is 10.1 Å². The summed E-state index contributed by atoms with van der Waals surface area (Å²) in [5.74, 6) is 1.07. The molecule has 0 aliphatic carbocycles. The van der Waals surface area contributed by atoms with Crippen molar-refractivity contribution in [3.63, 3.8) is 0 Å². The van der Waals surface area contributed by atoms with E-state index in [2.05, 4.69) is 5.16 Å². The number of piperidine rings is 1. The predicted octanol–water partition coefficient (Wildman–Crippen LogP) is 3.27. The molecule has 24 heavy (non-hydrogen) atoms. The molecule has 1 atom stereocenters. The van der Waals surface area contributed by atoms with E-state index in [9.17, 15) is 4.79 Å². The summed E-state index contributed by atoms with van der Waals surface area (Å²) in [7, 11) is 0. The Bertz CT molecular complexity index is 677. The molecule has 0 bridgehead atoms. The third kappa shape index (κ3) is 3.62. The van der Waals surface area contributed by atoms with Gasteiger partial charge in [0.2, 0.25) is 0 Å². The number of hydrogen-bond donors (Lipinski definition) is 1. The fourth-order valence-corrected chi connectivity index (χ4v) is 3.20. The number of aryl methyl sites for hydroxylation is 1. The lowest BCUT2D eigenvalue weighted by atomic mass is 9.90. The van der Waals surface area contributed by atoms with Gasteiger partial charge in [0.15, 0.2) is 0 Å². The molecule has 1 aromatic carbocycles. The normalized spacial score (nSPS) is 16.5. The number of aromatic nitrogens is 1. The van der Waals surface area contributed by atoms with Crippen molar-refractivity contribution in [2.24, 2.45) is 11.7 Å². The van der Waals surface area contributed by atoms with Crippen molar-refractivity contribution in [2.45, 2.75) is 32.7 Å². The van der Waals surface area contributed by atoms with Gasteiger partial charge in [-0.05, 0) is 32.6 Å². The first-order valence-electron chi connectivity index (χ1n) is 8.14. The molecular formula is C18H24ClN3O2. The van der Waals surface area contributed by atoms with Crippen LogP contribution in [0.4, 0.5) is 0 Å². The Morgan fingerprint density at radius 2 is 1.92 bits per heavy atom. The number of rotatable bonds is 3. The van der Waals surface area contributed by atoms with Gasteiger partial charge in [-0.3, -0.25) is 4.79 Å². The molecule has 2 aromatic rings. The standard InChI is InChI=1S/C18H23N3O2.ClH/c1-12(19)14-8-10-21(11-9-14)18(22)16-13(2)23-20-17(16)15-6-4-3-5-7-15;/h3-7,12,14H,8-11,19H2,1-2H3;1H. The van der Waals surface area contributed by atoms with Crippen LogP contribution in [-0.2, 0) is 0 Å². The van der Waals surface area contributed by atoms with Crippen molar-refractivity contribution in [3.05, 3.63) is 41.7 Å². The Balaban J connectivity index is 0.00000208. The highest BCUT2D eigenvalue weighted by atomic mass is 35.5. The first kappa shape index (κ1) is 18.5. The Morgan fingerprint density at radius 1 is 1.29 bits per heavy atom. The van der Waals surface area contributed by atoms with Crippen molar-refractivity contribution in [3.8, 4) is 11.3 Å². The molecule has 1 aliphatic rings. The van der Waals surface area contributed by atoms with Crippen molar-refractivity contribution in [1.29, 1.82) is 0 Å². The number of nitrogens with two attached hydrogens (primary N) is 1. The highest BCUT2D eigenvalue weighted by molar-refractivity contribution is 6.00. The summed E-state index contributed by atoms with van der Waals surface area (Å²) in [4.78, 5) is 14.8. The van der Waals surface area contributed by atoms with E-state index in [-0.39, 0.29) is 24.4 Å². The molecule has 6 heteroatoms. The number of carbonyl (C=O) groups is 1. The van der Waals surface area contributed by atoms with Gasteiger partial charge in [0.1, 0.15) is 17.0 Å². The zero-order valence-electron chi connectivity index (χ0n) is 14.1. The van der Waals surface area contributed by atoms with Crippen LogP contribution in [0, 0.1) is 12.8 Å². The smallest absolute Gasteiger partial charge is 0.259 e. The molecule has 130 valence electrons. The molecule has 0 radical (unpaired) electrons. The average Bonchev–Trinajstić information content (AvgIpc) is 2.96. The second-order valence-corrected chi connectivity index (χ2v) is 6.32. The molecule has 0 saturated carbocycles. The number of nitrogens with zero attached hydrogens (tertiary/aromatic N) is 2. The fraction of sp³-hybridized carbons (Fsp3) is 0.444. The van der Waals surface area contributed by atoms with E-state index in [1.165, 1.54) is 0 Å². The van der Waals surface area contributed by atoms with Gasteiger partial charge in [0.25, 0.3) is 5.91 Å². The minimum atomic E-state index is 0. The molecule has 1 saturated heterocycles. The minimum Gasteiger partial charge on any atom is -0.360 e. The molecule has 1 unspecified atom stereocenters. The number of likely N-dealkylation sites (tertiary alicyclic amines) is 1. The predicted molar refractivity (Wildman–Crippen MR) is 96.2 cm³/mol. The second kappa shape index (κ2) is 7.81. The summed E-state index contributed by atoms with van der Waals surface area (Å²) in [6.45, 7) is 5.31. The summed E-state index contributed by atoms with van der Waals surface area (Å²) >= 11 is 0. The van der Waals surface area contributed by atoms with Crippen molar-refractivity contribution in [2.75, 3.05) is 13.1 Å². The van der Waals surface area contributed by atoms with Crippen LogP contribution in [0.1, 0.15) is 35.9 Å². The lowest BCUT2D eigenvalue weighted by molar-refractivity contribution is 0.0680. The first-order valence-corrected chi connectivity index (χ1v) is 8.14. The van der Waals surface area contributed by atoms with Gasteiger partial charge in [-0.1, -0.05) is 35.5 Å². The van der Waals surface area contributed by atoms with E-state index in [1.54, 1.807) is 6.92 Å². The third-order valence-corrected chi connectivity index (χ3v) is 4.69. The molecule has 1 aliphatic heterocycles. The zero-order chi connectivity index (χ0) is 16.4. The maximum absolute atomic E-state index is 12.9. The van der Waals surface area contributed by atoms with Crippen molar-refractivity contribution < 1.29 is 9.32 Å². The molecule has 1 amide bonds. The van der Waals surface area contributed by atoms with E-state index in [0.29, 0.717) is 22.9 Å². The van der Waals surface area contributed by atoms with Gasteiger partial charge in [-0.25, -0.2) is 0 Å². The van der Waals surface area contributed by atoms with Crippen LogP contribution in [0.15, 0.2) is 34.9 Å². The van der Waals surface area contributed by atoms with Crippen LogP contribution in [-0.4, -0.2) is 35.1 Å². The molecule has 3 rings (SSSR count). The first-order chi connectivity index (χ1) is 11.1. The average molecular weight is 350 g/mol. The number of amides is 1. The van der Waals surface area contributed by atoms with Crippen LogP contribution in [0.3, 0.4) is 0 Å². The maximum Gasteiger partial charge on any atom is 0.259 e. The summed E-state index contributed by atoms with van der Waals surface area (Å²) in [5, 5.41) is 4.10. The Morgan fingerprint density at radius 3 is 2.50 bits per heavy atom. The highest BCUT2D eigenvalue weighted by Crippen LogP contribution is 2.28. The van der Waals surface area contributed by atoms with Crippen molar-refractivity contribution >= 4 is 18.3 Å². The summed E-state index contributed by atoms with van der Waals surface area (Å²) < 4.78 is 5.30. The molecular weight excluding hydrogens is 326 g/mol. The Kier molecular flexibility index (Phi) is 6.02. The lowest BCUT2D eigenvalue weighted by Crippen LogP contribution is -2.42. The topological polar surface area (TPSA) is 72.4 Å². The summed E-state index contributed by atoms with van der Waals surface area (Å²) in [5.41, 5.74) is 8.09. The zero-order valence-corrected chi connectivity index (χ0v) is 14.9. The number of halogens is 1. The van der Waals surface area contributed by atoms with E-state index < -0.39 is 0 Å². The quantitative estimate of drug-likeness (QED) is 0.923. The van der Waals surface area contributed by atoms with Gasteiger partial charge in [0.05, 0.1) is 0 Å². The van der Waals surface area contributed by atoms with Crippen LogP contribution < -0.4 is 5.73 Å². The van der Waals surface area contributed by atoms with E-state index >= 15 is 0 Å². The highest BCUT2D eigenvalue weighted by Gasteiger charge is 2.30. The number of carbonyl (C=O) groups excluding carboxylic acids is 1. The monoisotopic (exact) mass is 349 g/mol. The molecule has 1 fully saturated rings. The summed E-state index contributed by atoms with van der Waals surface area (Å²) in [6.07, 6.45) is 1.91. The van der Waals surface area contributed by atoms with Gasteiger partial charge in [-0.15, -0.1) is 12.4 Å². The molecule has 2 N–H and O–H groups in total. The van der Waals surface area contributed by atoms with Gasteiger partial charge < -0.3 is 15.2 Å². The van der Waals surface area contributed by atoms with Crippen LogP contribution in [0.25, 0.3) is 11.3 Å². The number of hydrogen-bond acceptors (Lipinski definition) is 4. The summed E-state index contributed by atoms with van der Waals surface area (Å²) in [6, 6.07) is 9.87. The van der Waals surface area contributed by atoms with E-state index in [4.69, 9.17) is 10.3 Å². The SMILES string of the molecule is Cc1onc(-c2ccccc2)c1C(=O)N1CCC(C(C)N)CC1.Cl. The second-order valence-electron chi connectivity index (χ2n) is 6.32. The number of benzene rings is 1. The fourth-order valence-electron chi connectivity index (χ4n) is 3.20. The lowest BCUT2D eigenvalue weighted by Gasteiger charge is -2.33. The Hall–Kier alpha value is -1.85. The van der Waals surface area contributed by atoms with Gasteiger partial charge in [0, 0.05) is 24.7 Å². The van der Waals surface area contributed by atoms with Crippen LogP contribution >= 0.6 is 12.4 Å². The molecule has 5 nitrogen and oxygen atoms in total. The van der Waals surface area contributed by atoms with Crippen LogP contribution in [0.5, 0.6) is 0 Å². The largest absolute Gasteiger partial charge is 0.360 e. The van der Waals surface area contributed by atoms with E-state index in [0.717, 1.165) is 31.5 Å². The van der Waals surface area contributed by atoms with E-state index in [1.807, 2.05) is 42.2 Å². The molecule has 0 spiro atoms.